The van der Waals surface area contributed by atoms with Crippen molar-refractivity contribution in [1.29, 1.82) is 0 Å². The van der Waals surface area contributed by atoms with Crippen molar-refractivity contribution < 1.29 is 41.5 Å². The van der Waals surface area contributed by atoms with E-state index in [0.717, 1.165) is 18.0 Å². The molecule has 2 aromatic rings. The Morgan fingerprint density at radius 1 is 1.07 bits per heavy atom. The standard InChI is InChI=1S/C31H35F4N5O5/c1-18(2)25(37-26(41)23-14-20(31(33,34)35)4-9-24(23)32)27(42)39-12-10-30(11-13-39)28(43)38(3)29(44)40(30)21-5-7-22(8-6-21)45-17-19-15-36-16-19/h4-9,14,18-19,25,36H,10-13,15-17H2,1-3H3,(H,37,41)/t25-/m1/s1. The van der Waals surface area contributed by atoms with Crippen LogP contribution in [0.15, 0.2) is 42.5 Å². The van der Waals surface area contributed by atoms with E-state index in [1.807, 2.05) is 0 Å². The molecule has 3 heterocycles. The molecular formula is C31H35F4N5O5. The van der Waals surface area contributed by atoms with E-state index in [-0.39, 0.29) is 25.9 Å². The average molecular weight is 634 g/mol. The molecule has 2 aromatic carbocycles. The van der Waals surface area contributed by atoms with Crippen LogP contribution in [0, 0.1) is 17.7 Å². The third kappa shape index (κ3) is 6.20. The molecule has 0 saturated carbocycles. The van der Waals surface area contributed by atoms with E-state index in [0.29, 0.717) is 42.2 Å². The van der Waals surface area contributed by atoms with E-state index in [1.54, 1.807) is 38.1 Å². The number of ether oxygens (including phenoxy) is 1. The summed E-state index contributed by atoms with van der Waals surface area (Å²) in [5, 5.41) is 5.59. The van der Waals surface area contributed by atoms with Crippen LogP contribution in [-0.4, -0.2) is 85.0 Å². The number of rotatable bonds is 8. The zero-order valence-electron chi connectivity index (χ0n) is 25.1. The molecule has 0 radical (unpaired) electrons. The lowest BCUT2D eigenvalue weighted by atomic mass is 9.85. The zero-order valence-corrected chi connectivity index (χ0v) is 25.1. The number of likely N-dealkylation sites (tertiary alicyclic amines) is 1. The third-order valence-electron chi connectivity index (χ3n) is 8.72. The van der Waals surface area contributed by atoms with Gasteiger partial charge < -0.3 is 20.3 Å². The van der Waals surface area contributed by atoms with Crippen LogP contribution in [0.3, 0.4) is 0 Å². The van der Waals surface area contributed by atoms with Crippen LogP contribution in [-0.2, 0) is 15.8 Å². The Labute approximate surface area is 257 Å². The predicted molar refractivity (Wildman–Crippen MR) is 155 cm³/mol. The molecule has 10 nitrogen and oxygen atoms in total. The minimum atomic E-state index is -4.79. The maximum atomic E-state index is 14.4. The van der Waals surface area contributed by atoms with Gasteiger partial charge in [-0.2, -0.15) is 13.2 Å². The summed E-state index contributed by atoms with van der Waals surface area (Å²) in [5.41, 5.74) is -2.75. The third-order valence-corrected chi connectivity index (χ3v) is 8.72. The van der Waals surface area contributed by atoms with Crippen LogP contribution < -0.4 is 20.3 Å². The van der Waals surface area contributed by atoms with Gasteiger partial charge in [0, 0.05) is 44.8 Å². The smallest absolute Gasteiger partial charge is 0.416 e. The van der Waals surface area contributed by atoms with Crippen molar-refractivity contribution in [3.8, 4) is 5.75 Å². The fourth-order valence-electron chi connectivity index (χ4n) is 5.90. The number of alkyl halides is 3. The number of likely N-dealkylation sites (N-methyl/N-ethyl adjacent to an activating group) is 1. The average Bonchev–Trinajstić information content (AvgIpc) is 3.15. The molecule has 1 spiro atoms. The highest BCUT2D eigenvalue weighted by Crippen LogP contribution is 2.41. The first-order chi connectivity index (χ1) is 21.2. The van der Waals surface area contributed by atoms with Gasteiger partial charge in [0.25, 0.3) is 11.8 Å². The molecule has 0 aromatic heterocycles. The van der Waals surface area contributed by atoms with Crippen molar-refractivity contribution >= 4 is 29.4 Å². The molecule has 3 aliphatic heterocycles. The molecule has 5 rings (SSSR count). The molecule has 3 aliphatic rings. The van der Waals surface area contributed by atoms with Crippen LogP contribution in [0.2, 0.25) is 0 Å². The van der Waals surface area contributed by atoms with Crippen molar-refractivity contribution in [2.45, 2.75) is 44.4 Å². The Morgan fingerprint density at radius 3 is 2.27 bits per heavy atom. The lowest BCUT2D eigenvalue weighted by molar-refractivity contribution is -0.139. The molecule has 5 amide bonds. The number of benzene rings is 2. The number of carbonyl (C=O) groups is 4. The number of amides is 5. The number of nitrogens with zero attached hydrogens (tertiary/aromatic N) is 3. The Bertz CT molecular complexity index is 1470. The van der Waals surface area contributed by atoms with E-state index in [4.69, 9.17) is 4.74 Å². The minimum absolute atomic E-state index is 0.0653. The first-order valence-corrected chi connectivity index (χ1v) is 14.8. The zero-order chi connectivity index (χ0) is 32.7. The summed E-state index contributed by atoms with van der Waals surface area (Å²) in [6, 6.07) is 6.75. The van der Waals surface area contributed by atoms with Gasteiger partial charge in [0.15, 0.2) is 0 Å². The second kappa shape index (κ2) is 12.3. The maximum absolute atomic E-state index is 14.4. The monoisotopic (exact) mass is 633 g/mol. The van der Waals surface area contributed by atoms with Crippen LogP contribution in [0.1, 0.15) is 42.6 Å². The lowest BCUT2D eigenvalue weighted by Gasteiger charge is -2.43. The van der Waals surface area contributed by atoms with Crippen molar-refractivity contribution in [2.24, 2.45) is 11.8 Å². The van der Waals surface area contributed by atoms with E-state index < -0.39 is 64.4 Å². The largest absolute Gasteiger partial charge is 0.493 e. The van der Waals surface area contributed by atoms with Gasteiger partial charge in [-0.3, -0.25) is 24.2 Å². The molecule has 14 heteroatoms. The van der Waals surface area contributed by atoms with Crippen molar-refractivity contribution in [1.82, 2.24) is 20.4 Å². The second-order valence-electron chi connectivity index (χ2n) is 12.1. The van der Waals surface area contributed by atoms with E-state index in [9.17, 15) is 36.7 Å². The lowest BCUT2D eigenvalue weighted by Crippen LogP contribution is -2.60. The molecule has 45 heavy (non-hydrogen) atoms. The van der Waals surface area contributed by atoms with Gasteiger partial charge >= 0.3 is 12.2 Å². The molecular weight excluding hydrogens is 598 g/mol. The highest BCUT2D eigenvalue weighted by atomic mass is 19.4. The maximum Gasteiger partial charge on any atom is 0.416 e. The minimum Gasteiger partial charge on any atom is -0.493 e. The fraction of sp³-hybridized carbons (Fsp3) is 0.484. The number of urea groups is 1. The Balaban J connectivity index is 1.29. The van der Waals surface area contributed by atoms with Crippen molar-refractivity contribution in [2.75, 3.05) is 44.7 Å². The van der Waals surface area contributed by atoms with Gasteiger partial charge in [0.05, 0.1) is 17.7 Å². The normalized spacial score (nSPS) is 19.2. The highest BCUT2D eigenvalue weighted by molar-refractivity contribution is 6.16. The summed E-state index contributed by atoms with van der Waals surface area (Å²) >= 11 is 0. The van der Waals surface area contributed by atoms with Crippen molar-refractivity contribution in [3.05, 3.63) is 59.4 Å². The summed E-state index contributed by atoms with van der Waals surface area (Å²) in [4.78, 5) is 57.2. The molecule has 3 saturated heterocycles. The summed E-state index contributed by atoms with van der Waals surface area (Å²) in [5.74, 6) is -2.65. The predicted octanol–water partition coefficient (Wildman–Crippen LogP) is 3.66. The van der Waals surface area contributed by atoms with E-state index >= 15 is 0 Å². The number of anilines is 1. The fourth-order valence-corrected chi connectivity index (χ4v) is 5.90. The van der Waals surface area contributed by atoms with Gasteiger partial charge in [-0.05, 0) is 61.2 Å². The number of halogens is 4. The van der Waals surface area contributed by atoms with E-state index in [2.05, 4.69) is 10.6 Å². The Kier molecular flexibility index (Phi) is 8.80. The molecule has 0 unspecified atom stereocenters. The van der Waals surface area contributed by atoms with Gasteiger partial charge in [-0.15, -0.1) is 0 Å². The number of piperidine rings is 1. The number of nitrogens with one attached hydrogen (secondary N) is 2. The summed E-state index contributed by atoms with van der Waals surface area (Å²) in [6.07, 6.45) is -4.56. The number of hydrogen-bond donors (Lipinski definition) is 2. The first kappa shape index (κ1) is 32.2. The molecule has 3 fully saturated rings. The van der Waals surface area contributed by atoms with Gasteiger partial charge in [-0.1, -0.05) is 13.8 Å². The van der Waals surface area contributed by atoms with Gasteiger partial charge in [0.2, 0.25) is 5.91 Å². The Morgan fingerprint density at radius 2 is 1.71 bits per heavy atom. The summed E-state index contributed by atoms with van der Waals surface area (Å²) < 4.78 is 59.7. The number of carbonyl (C=O) groups excluding carboxylic acids is 4. The number of hydrogen-bond acceptors (Lipinski definition) is 6. The quantitative estimate of drug-likeness (QED) is 0.339. The molecule has 242 valence electrons. The second-order valence-corrected chi connectivity index (χ2v) is 12.1. The summed E-state index contributed by atoms with van der Waals surface area (Å²) in [6.45, 7) is 5.78. The van der Waals surface area contributed by atoms with Crippen LogP contribution in [0.4, 0.5) is 28.0 Å². The molecule has 0 aliphatic carbocycles. The van der Waals surface area contributed by atoms with Crippen LogP contribution >= 0.6 is 0 Å². The van der Waals surface area contributed by atoms with Crippen LogP contribution in [0.5, 0.6) is 5.75 Å². The van der Waals surface area contributed by atoms with Gasteiger partial charge in [0.1, 0.15) is 23.1 Å². The Hall–Kier alpha value is -4.20. The van der Waals surface area contributed by atoms with Crippen LogP contribution in [0.25, 0.3) is 0 Å². The summed E-state index contributed by atoms with van der Waals surface area (Å²) in [7, 11) is 1.41. The SMILES string of the molecule is CC(C)[C@@H](NC(=O)c1cc(C(F)(F)F)ccc1F)C(=O)N1CCC2(CC1)C(=O)N(C)C(=O)N2c1ccc(OCC2CNC2)cc1. The highest BCUT2D eigenvalue weighted by Gasteiger charge is 2.58. The molecule has 1 atom stereocenters. The van der Waals surface area contributed by atoms with Gasteiger partial charge in [-0.25, -0.2) is 9.18 Å². The number of imide groups is 1. The molecule has 2 N–H and O–H groups in total. The van der Waals surface area contributed by atoms with Crippen molar-refractivity contribution in [3.63, 3.8) is 0 Å². The molecule has 0 bridgehead atoms. The topological polar surface area (TPSA) is 111 Å². The van der Waals surface area contributed by atoms with E-state index in [1.165, 1.54) is 16.8 Å². The first-order valence-electron chi connectivity index (χ1n) is 14.8.